The first-order chi connectivity index (χ1) is 12.8. The van der Waals surface area contributed by atoms with Crippen LogP contribution in [0.3, 0.4) is 0 Å². The number of H-pyrrole nitrogens is 1. The third kappa shape index (κ3) is 3.75. The summed E-state index contributed by atoms with van der Waals surface area (Å²) < 4.78 is 19.4. The van der Waals surface area contributed by atoms with E-state index in [9.17, 15) is 4.39 Å². The molecule has 136 valence electrons. The molecular formula is C22H25FN2O. The van der Waals surface area contributed by atoms with Crippen LogP contribution >= 0.6 is 0 Å². The molecule has 4 rings (SSSR count). The molecule has 0 fully saturated rings. The zero-order chi connectivity index (χ0) is 17.8. The summed E-state index contributed by atoms with van der Waals surface area (Å²) in [6.07, 6.45) is 7.51. The lowest BCUT2D eigenvalue weighted by Gasteiger charge is -2.11. The molecule has 1 aromatic heterocycles. The number of fused-ring (bicyclic) bond motifs is 2. The number of nitrogens with one attached hydrogen (secondary N) is 2. The Hall–Kier alpha value is -2.33. The Morgan fingerprint density at radius 2 is 2.08 bits per heavy atom. The highest BCUT2D eigenvalue weighted by molar-refractivity contribution is 5.83. The van der Waals surface area contributed by atoms with E-state index in [2.05, 4.69) is 28.5 Å². The lowest BCUT2D eigenvalue weighted by atomic mass is 10.1. The van der Waals surface area contributed by atoms with Crippen LogP contribution in [-0.2, 0) is 19.3 Å². The van der Waals surface area contributed by atoms with Crippen molar-refractivity contribution >= 4 is 10.9 Å². The normalized spacial score (nSPS) is 13.3. The number of aryl methyl sites for hydroxylation is 2. The molecule has 0 amide bonds. The van der Waals surface area contributed by atoms with Crippen LogP contribution in [0.2, 0.25) is 0 Å². The Morgan fingerprint density at radius 3 is 3.04 bits per heavy atom. The number of halogens is 1. The Morgan fingerprint density at radius 1 is 1.12 bits per heavy atom. The summed E-state index contributed by atoms with van der Waals surface area (Å²) in [4.78, 5) is 3.21. The highest BCUT2D eigenvalue weighted by Gasteiger charge is 2.14. The molecule has 0 bridgehead atoms. The Labute approximate surface area is 153 Å². The van der Waals surface area contributed by atoms with Crippen molar-refractivity contribution in [2.45, 2.75) is 32.1 Å². The first kappa shape index (κ1) is 17.1. The predicted molar refractivity (Wildman–Crippen MR) is 103 cm³/mol. The van der Waals surface area contributed by atoms with Crippen molar-refractivity contribution in [2.24, 2.45) is 0 Å². The summed E-state index contributed by atoms with van der Waals surface area (Å²) in [5.41, 5.74) is 5.03. The van der Waals surface area contributed by atoms with Crippen molar-refractivity contribution < 1.29 is 9.13 Å². The second kappa shape index (κ2) is 7.92. The van der Waals surface area contributed by atoms with Crippen LogP contribution in [-0.4, -0.2) is 24.7 Å². The van der Waals surface area contributed by atoms with Gasteiger partial charge in [-0.25, -0.2) is 4.39 Å². The van der Waals surface area contributed by atoms with Gasteiger partial charge in [0.2, 0.25) is 0 Å². The van der Waals surface area contributed by atoms with Gasteiger partial charge in [-0.3, -0.25) is 0 Å². The van der Waals surface area contributed by atoms with Crippen LogP contribution in [0.4, 0.5) is 4.39 Å². The number of ether oxygens (including phenoxy) is 1. The first-order valence-corrected chi connectivity index (χ1v) is 9.51. The van der Waals surface area contributed by atoms with Gasteiger partial charge in [0, 0.05) is 23.6 Å². The minimum atomic E-state index is -0.180. The summed E-state index contributed by atoms with van der Waals surface area (Å²) in [6, 6.07) is 11.3. The lowest BCUT2D eigenvalue weighted by Crippen LogP contribution is -2.22. The molecule has 3 aromatic rings. The maximum Gasteiger partial charge on any atom is 0.123 e. The van der Waals surface area contributed by atoms with Gasteiger partial charge in [0.1, 0.15) is 18.2 Å². The fourth-order valence-electron chi connectivity index (χ4n) is 3.84. The molecular weight excluding hydrogens is 327 g/mol. The molecule has 1 heterocycles. The highest BCUT2D eigenvalue weighted by atomic mass is 19.1. The monoisotopic (exact) mass is 352 g/mol. The second-order valence-electron chi connectivity index (χ2n) is 6.95. The molecule has 3 nitrogen and oxygen atoms in total. The molecule has 0 radical (unpaired) electrons. The largest absolute Gasteiger partial charge is 0.492 e. The van der Waals surface area contributed by atoms with E-state index in [1.807, 2.05) is 6.20 Å². The molecule has 0 aliphatic heterocycles. The molecule has 0 atom stereocenters. The molecule has 0 saturated heterocycles. The van der Waals surface area contributed by atoms with Gasteiger partial charge in [0.15, 0.2) is 0 Å². The van der Waals surface area contributed by atoms with E-state index >= 15 is 0 Å². The van der Waals surface area contributed by atoms with Gasteiger partial charge in [0.05, 0.1) is 0 Å². The van der Waals surface area contributed by atoms with E-state index in [0.717, 1.165) is 49.0 Å². The number of hydrogen-bond donors (Lipinski definition) is 2. The predicted octanol–water partition coefficient (Wildman–Crippen LogP) is 4.40. The summed E-state index contributed by atoms with van der Waals surface area (Å²) in [5, 5.41) is 4.43. The highest BCUT2D eigenvalue weighted by Crippen LogP contribution is 2.30. The molecule has 0 spiro atoms. The molecule has 0 unspecified atom stereocenters. The molecule has 1 aliphatic rings. The fraction of sp³-hybridized carbons (Fsp3) is 0.364. The van der Waals surface area contributed by atoms with Gasteiger partial charge >= 0.3 is 0 Å². The third-order valence-corrected chi connectivity index (χ3v) is 5.17. The van der Waals surface area contributed by atoms with Crippen LogP contribution in [0.1, 0.15) is 29.5 Å². The van der Waals surface area contributed by atoms with Crippen LogP contribution in [0.5, 0.6) is 5.75 Å². The van der Waals surface area contributed by atoms with Crippen LogP contribution in [0.25, 0.3) is 10.9 Å². The average molecular weight is 352 g/mol. The Kier molecular flexibility index (Phi) is 5.21. The van der Waals surface area contributed by atoms with Crippen molar-refractivity contribution in [3.8, 4) is 5.75 Å². The minimum absolute atomic E-state index is 0.180. The van der Waals surface area contributed by atoms with Gasteiger partial charge in [-0.2, -0.15) is 0 Å². The maximum absolute atomic E-state index is 13.4. The van der Waals surface area contributed by atoms with E-state index in [1.54, 1.807) is 12.1 Å². The SMILES string of the molecule is Fc1ccc2[nH]cc(CCCNCCOc3cccc4c3CCC4)c2c1. The topological polar surface area (TPSA) is 37.0 Å². The zero-order valence-corrected chi connectivity index (χ0v) is 15.0. The van der Waals surface area contributed by atoms with Gasteiger partial charge < -0.3 is 15.0 Å². The minimum Gasteiger partial charge on any atom is -0.492 e. The second-order valence-corrected chi connectivity index (χ2v) is 6.95. The lowest BCUT2D eigenvalue weighted by molar-refractivity contribution is 0.311. The van der Waals surface area contributed by atoms with Gasteiger partial charge in [0.25, 0.3) is 0 Å². The van der Waals surface area contributed by atoms with Crippen molar-refractivity contribution in [2.75, 3.05) is 19.7 Å². The van der Waals surface area contributed by atoms with Gasteiger partial charge in [-0.15, -0.1) is 0 Å². The number of hydrogen-bond acceptors (Lipinski definition) is 2. The van der Waals surface area contributed by atoms with E-state index in [4.69, 9.17) is 4.74 Å². The zero-order valence-electron chi connectivity index (χ0n) is 15.0. The first-order valence-electron chi connectivity index (χ1n) is 9.51. The molecule has 4 heteroatoms. The van der Waals surface area contributed by atoms with Crippen LogP contribution in [0, 0.1) is 5.82 Å². The molecule has 26 heavy (non-hydrogen) atoms. The summed E-state index contributed by atoms with van der Waals surface area (Å²) in [7, 11) is 0. The summed E-state index contributed by atoms with van der Waals surface area (Å²) >= 11 is 0. The standard InChI is InChI=1S/C22H25FN2O/c23-18-9-10-21-20(14-18)17(15-25-21)6-3-11-24-12-13-26-22-8-2-5-16-4-1-7-19(16)22/h2,5,8-10,14-15,24-25H,1,3-4,6-7,11-13H2. The van der Waals surface area contributed by atoms with Crippen LogP contribution < -0.4 is 10.1 Å². The van der Waals surface area contributed by atoms with E-state index in [1.165, 1.54) is 35.6 Å². The quantitative estimate of drug-likeness (QED) is 0.590. The van der Waals surface area contributed by atoms with Crippen molar-refractivity contribution in [1.82, 2.24) is 10.3 Å². The fourth-order valence-corrected chi connectivity index (χ4v) is 3.84. The van der Waals surface area contributed by atoms with Crippen molar-refractivity contribution in [3.63, 3.8) is 0 Å². The van der Waals surface area contributed by atoms with E-state index in [0.29, 0.717) is 6.61 Å². The molecule has 2 aromatic carbocycles. The maximum atomic E-state index is 13.4. The Balaban J connectivity index is 1.18. The number of benzene rings is 2. The van der Waals surface area contributed by atoms with Crippen LogP contribution in [0.15, 0.2) is 42.6 Å². The van der Waals surface area contributed by atoms with Crippen molar-refractivity contribution in [3.05, 3.63) is 65.1 Å². The van der Waals surface area contributed by atoms with Gasteiger partial charge in [-0.1, -0.05) is 12.1 Å². The number of aromatic amines is 1. The van der Waals surface area contributed by atoms with E-state index in [-0.39, 0.29) is 5.82 Å². The molecule has 1 aliphatic carbocycles. The Bertz CT molecular complexity index is 887. The summed E-state index contributed by atoms with van der Waals surface area (Å²) in [5.74, 6) is 0.878. The summed E-state index contributed by atoms with van der Waals surface area (Å²) in [6.45, 7) is 2.46. The van der Waals surface area contributed by atoms with E-state index < -0.39 is 0 Å². The number of aromatic nitrogens is 1. The van der Waals surface area contributed by atoms with Crippen molar-refractivity contribution in [1.29, 1.82) is 0 Å². The van der Waals surface area contributed by atoms with Gasteiger partial charge in [-0.05, 0) is 79.6 Å². The molecule has 2 N–H and O–H groups in total. The smallest absolute Gasteiger partial charge is 0.123 e. The number of rotatable bonds is 8. The molecule has 0 saturated carbocycles. The third-order valence-electron chi connectivity index (χ3n) is 5.17. The average Bonchev–Trinajstić information content (AvgIpc) is 3.28.